The number of furan rings is 1. The van der Waals surface area contributed by atoms with Crippen molar-refractivity contribution in [2.75, 3.05) is 5.32 Å². The minimum Gasteiger partial charge on any atom is -0.451 e. The van der Waals surface area contributed by atoms with E-state index in [-0.39, 0.29) is 11.7 Å². The smallest absolute Gasteiger partial charge is 0.291 e. The second-order valence-electron chi connectivity index (χ2n) is 5.66. The highest BCUT2D eigenvalue weighted by Gasteiger charge is 2.13. The molecule has 0 aliphatic rings. The lowest BCUT2D eigenvalue weighted by Crippen LogP contribution is -2.10. The molecule has 0 saturated heterocycles. The maximum absolute atomic E-state index is 12.4. The summed E-state index contributed by atoms with van der Waals surface area (Å²) in [6.45, 7) is 0.648. The highest BCUT2D eigenvalue weighted by molar-refractivity contribution is 9.10. The van der Waals surface area contributed by atoms with Gasteiger partial charge in [0.05, 0.1) is 18.4 Å². The molecule has 0 bridgehead atoms. The number of rotatable bonds is 4. The van der Waals surface area contributed by atoms with Crippen molar-refractivity contribution >= 4 is 38.5 Å². The van der Waals surface area contributed by atoms with E-state index in [0.29, 0.717) is 17.8 Å². The summed E-state index contributed by atoms with van der Waals surface area (Å²) in [6.07, 6.45) is 3.42. The summed E-state index contributed by atoms with van der Waals surface area (Å²) in [5, 5.41) is 7.96. The van der Waals surface area contributed by atoms with Crippen LogP contribution < -0.4 is 5.32 Å². The Morgan fingerprint density at radius 1 is 1.16 bits per heavy atom. The standard InChI is InChI=1S/C19H14BrN3O2/c20-15-6-7-17-14(8-15)9-18(25-17)19(24)22-16-10-21-23(12-16)11-13-4-2-1-3-5-13/h1-10,12H,11H2,(H,22,24). The van der Waals surface area contributed by atoms with Gasteiger partial charge in [0.15, 0.2) is 5.76 Å². The van der Waals surface area contributed by atoms with Gasteiger partial charge in [-0.3, -0.25) is 9.48 Å². The van der Waals surface area contributed by atoms with Crippen molar-refractivity contribution < 1.29 is 9.21 Å². The first-order chi connectivity index (χ1) is 12.2. The third-order valence-electron chi connectivity index (χ3n) is 3.78. The molecule has 1 amide bonds. The number of carbonyl (C=O) groups is 1. The van der Waals surface area contributed by atoms with Crippen LogP contribution in [-0.4, -0.2) is 15.7 Å². The van der Waals surface area contributed by atoms with Gasteiger partial charge in [0, 0.05) is 16.1 Å². The maximum Gasteiger partial charge on any atom is 0.291 e. The number of hydrogen-bond acceptors (Lipinski definition) is 3. The second kappa shape index (κ2) is 6.57. The normalized spacial score (nSPS) is 10.9. The Morgan fingerprint density at radius 3 is 2.84 bits per heavy atom. The van der Waals surface area contributed by atoms with E-state index in [1.54, 1.807) is 23.1 Å². The zero-order chi connectivity index (χ0) is 17.2. The van der Waals surface area contributed by atoms with Crippen molar-refractivity contribution in [2.24, 2.45) is 0 Å². The van der Waals surface area contributed by atoms with E-state index in [0.717, 1.165) is 15.4 Å². The minimum absolute atomic E-state index is 0.268. The summed E-state index contributed by atoms with van der Waals surface area (Å²) in [6, 6.07) is 17.4. The lowest BCUT2D eigenvalue weighted by molar-refractivity contribution is 0.0998. The molecule has 0 radical (unpaired) electrons. The average Bonchev–Trinajstić information content (AvgIpc) is 3.22. The van der Waals surface area contributed by atoms with Gasteiger partial charge in [0.1, 0.15) is 5.58 Å². The van der Waals surface area contributed by atoms with E-state index in [9.17, 15) is 4.79 Å². The van der Waals surface area contributed by atoms with Gasteiger partial charge in [0.2, 0.25) is 0 Å². The lowest BCUT2D eigenvalue weighted by Gasteiger charge is -2.01. The van der Waals surface area contributed by atoms with E-state index in [2.05, 4.69) is 26.3 Å². The van der Waals surface area contributed by atoms with Crippen LogP contribution in [0.4, 0.5) is 5.69 Å². The fraction of sp³-hybridized carbons (Fsp3) is 0.0526. The van der Waals surface area contributed by atoms with Crippen LogP contribution in [0.1, 0.15) is 16.1 Å². The van der Waals surface area contributed by atoms with Gasteiger partial charge in [-0.05, 0) is 29.8 Å². The number of halogens is 1. The molecule has 0 aliphatic heterocycles. The molecule has 0 unspecified atom stereocenters. The van der Waals surface area contributed by atoms with Crippen LogP contribution in [0, 0.1) is 0 Å². The van der Waals surface area contributed by atoms with Gasteiger partial charge in [0.25, 0.3) is 5.91 Å². The van der Waals surface area contributed by atoms with Crippen molar-refractivity contribution in [3.05, 3.63) is 82.8 Å². The van der Waals surface area contributed by atoms with Crippen molar-refractivity contribution in [2.45, 2.75) is 6.54 Å². The average molecular weight is 396 g/mol. The van der Waals surface area contributed by atoms with E-state index >= 15 is 0 Å². The summed E-state index contributed by atoms with van der Waals surface area (Å²) < 4.78 is 8.32. The molecule has 1 N–H and O–H groups in total. The third-order valence-corrected chi connectivity index (χ3v) is 4.27. The zero-order valence-electron chi connectivity index (χ0n) is 13.1. The number of nitrogens with zero attached hydrogens (tertiary/aromatic N) is 2. The predicted molar refractivity (Wildman–Crippen MR) is 99.6 cm³/mol. The van der Waals surface area contributed by atoms with Gasteiger partial charge in [-0.2, -0.15) is 5.10 Å². The molecular weight excluding hydrogens is 382 g/mol. The van der Waals surface area contributed by atoms with Gasteiger partial charge in [-0.1, -0.05) is 46.3 Å². The van der Waals surface area contributed by atoms with Crippen molar-refractivity contribution in [3.63, 3.8) is 0 Å². The molecule has 4 rings (SSSR count). The SMILES string of the molecule is O=C(Nc1cnn(Cc2ccccc2)c1)c1cc2cc(Br)ccc2o1. The molecule has 0 fully saturated rings. The van der Waals surface area contributed by atoms with Gasteiger partial charge < -0.3 is 9.73 Å². The van der Waals surface area contributed by atoms with Crippen LogP contribution >= 0.6 is 15.9 Å². The molecule has 2 heterocycles. The summed E-state index contributed by atoms with van der Waals surface area (Å²) in [5.74, 6) is -0.0320. The predicted octanol–water partition coefficient (Wildman–Crippen LogP) is 4.69. The third kappa shape index (κ3) is 3.49. The summed E-state index contributed by atoms with van der Waals surface area (Å²) in [7, 11) is 0. The molecule has 2 aromatic heterocycles. The van der Waals surface area contributed by atoms with Crippen LogP contribution in [0.25, 0.3) is 11.0 Å². The first-order valence-corrected chi connectivity index (χ1v) is 8.53. The van der Waals surface area contributed by atoms with Crippen LogP contribution in [-0.2, 0) is 6.54 Å². The summed E-state index contributed by atoms with van der Waals surface area (Å²) >= 11 is 3.41. The molecular formula is C19H14BrN3O2. The van der Waals surface area contributed by atoms with Crippen molar-refractivity contribution in [1.29, 1.82) is 0 Å². The Bertz CT molecular complexity index is 1040. The molecule has 6 heteroatoms. The van der Waals surface area contributed by atoms with Crippen LogP contribution in [0.15, 0.2) is 75.9 Å². The summed E-state index contributed by atoms with van der Waals surface area (Å²) in [4.78, 5) is 12.4. The number of benzene rings is 2. The molecule has 0 atom stereocenters. The molecule has 25 heavy (non-hydrogen) atoms. The Hall–Kier alpha value is -2.86. The van der Waals surface area contributed by atoms with Gasteiger partial charge >= 0.3 is 0 Å². The Labute approximate surface area is 152 Å². The quantitative estimate of drug-likeness (QED) is 0.544. The van der Waals surface area contributed by atoms with Crippen molar-refractivity contribution in [3.8, 4) is 0 Å². The number of anilines is 1. The Kier molecular flexibility index (Phi) is 4.11. The molecule has 124 valence electrons. The van der Waals surface area contributed by atoms with E-state index < -0.39 is 0 Å². The van der Waals surface area contributed by atoms with E-state index in [1.807, 2.05) is 48.5 Å². The van der Waals surface area contributed by atoms with Crippen LogP contribution in [0.2, 0.25) is 0 Å². The highest BCUT2D eigenvalue weighted by atomic mass is 79.9. The number of fused-ring (bicyclic) bond motifs is 1. The van der Waals surface area contributed by atoms with Crippen LogP contribution in [0.5, 0.6) is 0 Å². The fourth-order valence-electron chi connectivity index (χ4n) is 2.60. The maximum atomic E-state index is 12.4. The number of amides is 1. The largest absolute Gasteiger partial charge is 0.451 e. The Morgan fingerprint density at radius 2 is 2.00 bits per heavy atom. The Balaban J connectivity index is 1.48. The molecule has 0 aliphatic carbocycles. The second-order valence-corrected chi connectivity index (χ2v) is 6.57. The number of nitrogens with one attached hydrogen (secondary N) is 1. The lowest BCUT2D eigenvalue weighted by atomic mass is 10.2. The molecule has 5 nitrogen and oxygen atoms in total. The molecule has 2 aromatic carbocycles. The molecule has 0 saturated carbocycles. The minimum atomic E-state index is -0.299. The topological polar surface area (TPSA) is 60.1 Å². The first kappa shape index (κ1) is 15.7. The number of carbonyl (C=O) groups excluding carboxylic acids is 1. The molecule has 4 aromatic rings. The number of hydrogen-bond donors (Lipinski definition) is 1. The first-order valence-electron chi connectivity index (χ1n) is 7.74. The van der Waals surface area contributed by atoms with Gasteiger partial charge in [-0.25, -0.2) is 0 Å². The fourth-order valence-corrected chi connectivity index (χ4v) is 2.98. The summed E-state index contributed by atoms with van der Waals surface area (Å²) in [5.41, 5.74) is 2.45. The molecule has 0 spiro atoms. The van der Waals surface area contributed by atoms with E-state index in [4.69, 9.17) is 4.42 Å². The van der Waals surface area contributed by atoms with Gasteiger partial charge in [-0.15, -0.1) is 0 Å². The van der Waals surface area contributed by atoms with Crippen molar-refractivity contribution in [1.82, 2.24) is 9.78 Å². The number of aromatic nitrogens is 2. The monoisotopic (exact) mass is 395 g/mol. The highest BCUT2D eigenvalue weighted by Crippen LogP contribution is 2.24. The van der Waals surface area contributed by atoms with E-state index in [1.165, 1.54) is 0 Å². The zero-order valence-corrected chi connectivity index (χ0v) is 14.7. The van der Waals surface area contributed by atoms with Crippen LogP contribution in [0.3, 0.4) is 0 Å².